The first kappa shape index (κ1) is 18.5. The Morgan fingerprint density at radius 2 is 2.11 bits per heavy atom. The molecule has 1 unspecified atom stereocenters. The Balaban J connectivity index is 1.42. The van der Waals surface area contributed by atoms with Crippen molar-refractivity contribution < 1.29 is 18.8 Å². The maximum atomic E-state index is 12.5. The van der Waals surface area contributed by atoms with Gasteiger partial charge in [0.1, 0.15) is 0 Å². The van der Waals surface area contributed by atoms with Gasteiger partial charge in [0.25, 0.3) is 0 Å². The summed E-state index contributed by atoms with van der Waals surface area (Å²) in [5.41, 5.74) is 0.984. The summed E-state index contributed by atoms with van der Waals surface area (Å²) < 4.78 is 16.0. The second-order valence-corrected chi connectivity index (χ2v) is 7.70. The molecule has 3 heterocycles. The number of methoxy groups -OCH3 is 2. The van der Waals surface area contributed by atoms with Crippen molar-refractivity contribution in [3.05, 3.63) is 57.9 Å². The molecule has 0 spiro atoms. The minimum atomic E-state index is -0.0477. The van der Waals surface area contributed by atoms with Gasteiger partial charge in [-0.05, 0) is 29.1 Å². The summed E-state index contributed by atoms with van der Waals surface area (Å²) in [7, 11) is 3.20. The third-order valence-corrected chi connectivity index (χ3v) is 5.67. The van der Waals surface area contributed by atoms with E-state index in [-0.39, 0.29) is 11.8 Å². The second-order valence-electron chi connectivity index (χ2n) is 6.67. The van der Waals surface area contributed by atoms with E-state index in [1.165, 1.54) is 4.88 Å². The number of nitrogens with zero attached hydrogens (tertiary/aromatic N) is 3. The van der Waals surface area contributed by atoms with Gasteiger partial charge in [0.2, 0.25) is 11.8 Å². The highest BCUT2D eigenvalue weighted by molar-refractivity contribution is 7.09. The number of carbonyl (C=O) groups is 1. The minimum Gasteiger partial charge on any atom is -0.493 e. The Morgan fingerprint density at radius 3 is 2.86 bits per heavy atom. The van der Waals surface area contributed by atoms with E-state index in [0.29, 0.717) is 49.1 Å². The zero-order valence-corrected chi connectivity index (χ0v) is 16.6. The standard InChI is InChI=1S/C20H21N3O4S/c1-25-16-6-5-13(8-17(16)26-2)11-23-12-14(9-19(23)24)20-21-18(27-22-20)10-15-4-3-7-28-15/h3-8,14H,9-12H2,1-2H3. The van der Waals surface area contributed by atoms with Crippen LogP contribution in [-0.4, -0.2) is 41.7 Å². The number of hydrogen-bond donors (Lipinski definition) is 0. The van der Waals surface area contributed by atoms with E-state index in [2.05, 4.69) is 10.1 Å². The first-order valence-electron chi connectivity index (χ1n) is 9.00. The molecule has 3 aromatic rings. The van der Waals surface area contributed by atoms with Crippen LogP contribution in [0, 0.1) is 0 Å². The lowest BCUT2D eigenvalue weighted by Gasteiger charge is -2.17. The highest BCUT2D eigenvalue weighted by atomic mass is 32.1. The number of rotatable bonds is 7. The van der Waals surface area contributed by atoms with Crippen molar-refractivity contribution in [2.75, 3.05) is 20.8 Å². The third kappa shape index (κ3) is 3.87. The average molecular weight is 399 g/mol. The van der Waals surface area contributed by atoms with Crippen molar-refractivity contribution >= 4 is 17.2 Å². The number of ether oxygens (including phenoxy) is 2. The van der Waals surface area contributed by atoms with Crippen LogP contribution >= 0.6 is 11.3 Å². The number of hydrogen-bond acceptors (Lipinski definition) is 7. The molecule has 146 valence electrons. The molecule has 2 aromatic heterocycles. The summed E-state index contributed by atoms with van der Waals surface area (Å²) in [5, 5.41) is 6.13. The first-order chi connectivity index (χ1) is 13.7. The number of aromatic nitrogens is 2. The van der Waals surface area contributed by atoms with E-state index in [9.17, 15) is 4.79 Å². The highest BCUT2D eigenvalue weighted by Gasteiger charge is 2.33. The van der Waals surface area contributed by atoms with Gasteiger partial charge >= 0.3 is 0 Å². The predicted octanol–water partition coefficient (Wildman–Crippen LogP) is 3.26. The Kier molecular flexibility index (Phi) is 5.29. The van der Waals surface area contributed by atoms with Crippen molar-refractivity contribution in [2.24, 2.45) is 0 Å². The largest absolute Gasteiger partial charge is 0.493 e. The van der Waals surface area contributed by atoms with Crippen LogP contribution in [0.5, 0.6) is 11.5 Å². The maximum Gasteiger partial charge on any atom is 0.231 e. The van der Waals surface area contributed by atoms with Gasteiger partial charge in [-0.15, -0.1) is 11.3 Å². The topological polar surface area (TPSA) is 77.7 Å². The van der Waals surface area contributed by atoms with Crippen LogP contribution in [-0.2, 0) is 17.8 Å². The average Bonchev–Trinajstić information content (AvgIpc) is 3.45. The molecule has 28 heavy (non-hydrogen) atoms. The number of thiophene rings is 1. The number of benzene rings is 1. The van der Waals surface area contributed by atoms with Gasteiger partial charge in [-0.1, -0.05) is 17.3 Å². The number of carbonyl (C=O) groups excluding carboxylic acids is 1. The maximum absolute atomic E-state index is 12.5. The summed E-state index contributed by atoms with van der Waals surface area (Å²) in [4.78, 5) is 20.0. The molecule has 0 aliphatic carbocycles. The molecule has 1 fully saturated rings. The molecule has 0 radical (unpaired) electrons. The predicted molar refractivity (Wildman–Crippen MR) is 104 cm³/mol. The smallest absolute Gasteiger partial charge is 0.231 e. The lowest BCUT2D eigenvalue weighted by Crippen LogP contribution is -2.24. The summed E-state index contributed by atoms with van der Waals surface area (Å²) in [6.07, 6.45) is 1.02. The Labute approximate surface area is 166 Å². The monoisotopic (exact) mass is 399 g/mol. The molecule has 8 heteroatoms. The Hall–Kier alpha value is -2.87. The quantitative estimate of drug-likeness (QED) is 0.607. The van der Waals surface area contributed by atoms with Gasteiger partial charge in [-0.2, -0.15) is 4.98 Å². The Morgan fingerprint density at radius 1 is 1.25 bits per heavy atom. The second kappa shape index (κ2) is 8.02. The molecule has 1 amide bonds. The van der Waals surface area contributed by atoms with Gasteiger partial charge in [0, 0.05) is 30.3 Å². The van der Waals surface area contributed by atoms with E-state index >= 15 is 0 Å². The Bertz CT molecular complexity index is 954. The van der Waals surface area contributed by atoms with Crippen LogP contribution in [0.1, 0.15) is 34.5 Å². The van der Waals surface area contributed by atoms with E-state index < -0.39 is 0 Å². The molecular weight excluding hydrogens is 378 g/mol. The van der Waals surface area contributed by atoms with Crippen LogP contribution in [0.2, 0.25) is 0 Å². The van der Waals surface area contributed by atoms with E-state index in [0.717, 1.165) is 5.56 Å². The van der Waals surface area contributed by atoms with Gasteiger partial charge in [0.05, 0.1) is 20.6 Å². The number of likely N-dealkylation sites (tertiary alicyclic amines) is 1. The molecule has 1 atom stereocenters. The zero-order chi connectivity index (χ0) is 19.5. The van der Waals surface area contributed by atoms with Crippen LogP contribution in [0.15, 0.2) is 40.2 Å². The third-order valence-electron chi connectivity index (χ3n) is 4.79. The summed E-state index contributed by atoms with van der Waals surface area (Å²) in [6.45, 7) is 1.08. The highest BCUT2D eigenvalue weighted by Crippen LogP contribution is 2.31. The first-order valence-corrected chi connectivity index (χ1v) is 9.87. The SMILES string of the molecule is COc1ccc(CN2CC(c3noc(Cc4cccs4)n3)CC2=O)cc1OC. The van der Waals surface area contributed by atoms with Crippen LogP contribution < -0.4 is 9.47 Å². The van der Waals surface area contributed by atoms with Crippen molar-refractivity contribution in [3.63, 3.8) is 0 Å². The normalized spacial score (nSPS) is 16.6. The van der Waals surface area contributed by atoms with Gasteiger partial charge in [-0.25, -0.2) is 0 Å². The molecule has 1 aliphatic rings. The van der Waals surface area contributed by atoms with Gasteiger partial charge in [0.15, 0.2) is 17.3 Å². The van der Waals surface area contributed by atoms with Crippen molar-refractivity contribution in [1.29, 1.82) is 0 Å². The van der Waals surface area contributed by atoms with Crippen molar-refractivity contribution in [1.82, 2.24) is 15.0 Å². The van der Waals surface area contributed by atoms with Crippen molar-refractivity contribution in [3.8, 4) is 11.5 Å². The molecule has 1 aliphatic heterocycles. The van der Waals surface area contributed by atoms with Crippen molar-refractivity contribution in [2.45, 2.75) is 25.3 Å². The molecular formula is C20H21N3O4S. The zero-order valence-electron chi connectivity index (χ0n) is 15.8. The van der Waals surface area contributed by atoms with Gasteiger partial charge < -0.3 is 18.9 Å². The fraction of sp³-hybridized carbons (Fsp3) is 0.350. The van der Waals surface area contributed by atoms with Crippen LogP contribution in [0.25, 0.3) is 0 Å². The fourth-order valence-corrected chi connectivity index (χ4v) is 4.06. The summed E-state index contributed by atoms with van der Waals surface area (Å²) >= 11 is 1.66. The molecule has 7 nitrogen and oxygen atoms in total. The van der Waals surface area contributed by atoms with E-state index in [4.69, 9.17) is 14.0 Å². The summed E-state index contributed by atoms with van der Waals surface area (Å²) in [5.74, 6) is 2.55. The van der Waals surface area contributed by atoms with E-state index in [1.807, 2.05) is 40.6 Å². The summed E-state index contributed by atoms with van der Waals surface area (Å²) in [6, 6.07) is 9.72. The number of amides is 1. The van der Waals surface area contributed by atoms with Crippen LogP contribution in [0.3, 0.4) is 0 Å². The van der Waals surface area contributed by atoms with E-state index in [1.54, 1.807) is 25.6 Å². The molecule has 4 rings (SSSR count). The molecule has 0 bridgehead atoms. The molecule has 0 saturated carbocycles. The van der Waals surface area contributed by atoms with Crippen LogP contribution in [0.4, 0.5) is 0 Å². The minimum absolute atomic E-state index is 0.0477. The molecule has 1 aromatic carbocycles. The van der Waals surface area contributed by atoms with Gasteiger partial charge in [-0.3, -0.25) is 4.79 Å². The lowest BCUT2D eigenvalue weighted by molar-refractivity contribution is -0.128. The molecule has 1 saturated heterocycles. The lowest BCUT2D eigenvalue weighted by atomic mass is 10.1. The fourth-order valence-electron chi connectivity index (χ4n) is 3.37. The molecule has 0 N–H and O–H groups in total.